The van der Waals surface area contributed by atoms with Gasteiger partial charge in [-0.1, -0.05) is 31.2 Å². The van der Waals surface area contributed by atoms with Gasteiger partial charge < -0.3 is 19.3 Å². The first kappa shape index (κ1) is 22.2. The maximum atomic E-state index is 14.1. The van der Waals surface area contributed by atoms with Crippen LogP contribution in [0.4, 0.5) is 4.39 Å². The number of carboxylic acids is 1. The Morgan fingerprint density at radius 3 is 2.48 bits per heavy atom. The fourth-order valence-electron chi connectivity index (χ4n) is 3.05. The number of benzene rings is 3. The number of ether oxygens (including phenoxy) is 3. The first-order valence-corrected chi connectivity index (χ1v) is 10.1. The Bertz CT molecular complexity index is 1050. The SMILES string of the molecule is CCCOc1ccc(C)c(-c2cccc(COc3ccc(OCC(=O)O)c(F)c3)c2)c1. The molecule has 0 aliphatic rings. The molecule has 0 aromatic heterocycles. The molecule has 6 heteroatoms. The third-order valence-electron chi connectivity index (χ3n) is 4.58. The van der Waals surface area contributed by atoms with E-state index in [2.05, 4.69) is 13.8 Å². The average Bonchev–Trinajstić information content (AvgIpc) is 2.76. The van der Waals surface area contributed by atoms with Crippen molar-refractivity contribution in [3.8, 4) is 28.4 Å². The van der Waals surface area contributed by atoms with Gasteiger partial charge in [-0.2, -0.15) is 0 Å². The second kappa shape index (κ2) is 10.5. The normalized spacial score (nSPS) is 10.5. The van der Waals surface area contributed by atoms with E-state index >= 15 is 0 Å². The van der Waals surface area contributed by atoms with Gasteiger partial charge >= 0.3 is 5.97 Å². The van der Waals surface area contributed by atoms with Crippen LogP contribution in [0.2, 0.25) is 0 Å². The number of aryl methyl sites for hydroxylation is 1. The lowest BCUT2D eigenvalue weighted by Gasteiger charge is -2.12. The largest absolute Gasteiger partial charge is 0.494 e. The van der Waals surface area contributed by atoms with Crippen LogP contribution in [0.5, 0.6) is 17.2 Å². The third-order valence-corrected chi connectivity index (χ3v) is 4.58. The molecule has 0 saturated carbocycles. The Labute approximate surface area is 181 Å². The topological polar surface area (TPSA) is 65.0 Å². The van der Waals surface area contributed by atoms with Gasteiger partial charge in [0.05, 0.1) is 6.61 Å². The molecule has 0 spiro atoms. The van der Waals surface area contributed by atoms with Crippen molar-refractivity contribution in [2.24, 2.45) is 0 Å². The predicted octanol–water partition coefficient (Wildman–Crippen LogP) is 5.63. The van der Waals surface area contributed by atoms with Gasteiger partial charge in [0.25, 0.3) is 0 Å². The molecular formula is C25H25FO5. The van der Waals surface area contributed by atoms with E-state index in [0.29, 0.717) is 12.4 Å². The zero-order valence-electron chi connectivity index (χ0n) is 17.6. The van der Waals surface area contributed by atoms with Crippen molar-refractivity contribution in [1.29, 1.82) is 0 Å². The molecule has 0 aliphatic heterocycles. The van der Waals surface area contributed by atoms with Gasteiger partial charge in [-0.05, 0) is 65.9 Å². The summed E-state index contributed by atoms with van der Waals surface area (Å²) in [7, 11) is 0. The summed E-state index contributed by atoms with van der Waals surface area (Å²) in [5.74, 6) is -0.803. The van der Waals surface area contributed by atoms with Crippen LogP contribution in [0.1, 0.15) is 24.5 Å². The van der Waals surface area contributed by atoms with Crippen LogP contribution in [0, 0.1) is 12.7 Å². The monoisotopic (exact) mass is 424 g/mol. The summed E-state index contributed by atoms with van der Waals surface area (Å²) < 4.78 is 30.4. The summed E-state index contributed by atoms with van der Waals surface area (Å²) in [6.07, 6.45) is 0.948. The highest BCUT2D eigenvalue weighted by Crippen LogP contribution is 2.29. The molecular weight excluding hydrogens is 399 g/mol. The summed E-state index contributed by atoms with van der Waals surface area (Å²) >= 11 is 0. The Kier molecular flexibility index (Phi) is 7.49. The molecule has 31 heavy (non-hydrogen) atoms. The maximum Gasteiger partial charge on any atom is 0.341 e. The van der Waals surface area contributed by atoms with Crippen LogP contribution in [0.3, 0.4) is 0 Å². The zero-order valence-corrected chi connectivity index (χ0v) is 17.6. The summed E-state index contributed by atoms with van der Waals surface area (Å²) in [6.45, 7) is 4.45. The van der Waals surface area contributed by atoms with Crippen molar-refractivity contribution in [3.63, 3.8) is 0 Å². The smallest absolute Gasteiger partial charge is 0.341 e. The molecule has 3 aromatic carbocycles. The maximum absolute atomic E-state index is 14.1. The molecule has 0 saturated heterocycles. The highest BCUT2D eigenvalue weighted by atomic mass is 19.1. The Morgan fingerprint density at radius 2 is 1.74 bits per heavy atom. The molecule has 0 bridgehead atoms. The first-order chi connectivity index (χ1) is 15.0. The van der Waals surface area contributed by atoms with Crippen molar-refractivity contribution in [3.05, 3.63) is 77.6 Å². The number of halogens is 1. The van der Waals surface area contributed by atoms with Gasteiger partial charge in [0.2, 0.25) is 0 Å². The first-order valence-electron chi connectivity index (χ1n) is 10.1. The minimum absolute atomic E-state index is 0.127. The van der Waals surface area contributed by atoms with Crippen LogP contribution in [0.15, 0.2) is 60.7 Å². The molecule has 1 N–H and O–H groups in total. The van der Waals surface area contributed by atoms with Crippen LogP contribution in [-0.2, 0) is 11.4 Å². The quantitative estimate of drug-likeness (QED) is 0.457. The van der Waals surface area contributed by atoms with Crippen LogP contribution < -0.4 is 14.2 Å². The van der Waals surface area contributed by atoms with Crippen molar-refractivity contribution < 1.29 is 28.5 Å². The third kappa shape index (κ3) is 6.22. The molecule has 0 radical (unpaired) electrons. The van der Waals surface area contributed by atoms with E-state index in [1.807, 2.05) is 42.5 Å². The highest BCUT2D eigenvalue weighted by molar-refractivity contribution is 5.69. The lowest BCUT2D eigenvalue weighted by molar-refractivity contribution is -0.139. The van der Waals surface area contributed by atoms with Gasteiger partial charge in [0.15, 0.2) is 18.2 Å². The van der Waals surface area contributed by atoms with E-state index in [1.165, 1.54) is 12.1 Å². The number of carboxylic acid groups (broad SMARTS) is 1. The van der Waals surface area contributed by atoms with E-state index in [-0.39, 0.29) is 12.4 Å². The summed E-state index contributed by atoms with van der Waals surface area (Å²) in [6, 6.07) is 18.1. The van der Waals surface area contributed by atoms with Gasteiger partial charge in [-0.25, -0.2) is 9.18 Å². The fraction of sp³-hybridized carbons (Fsp3) is 0.240. The average molecular weight is 424 g/mol. The van der Waals surface area contributed by atoms with Crippen molar-refractivity contribution in [2.45, 2.75) is 26.9 Å². The fourth-order valence-corrected chi connectivity index (χ4v) is 3.05. The molecule has 0 amide bonds. The minimum Gasteiger partial charge on any atom is -0.494 e. The molecule has 0 unspecified atom stereocenters. The van der Waals surface area contributed by atoms with Crippen molar-refractivity contribution >= 4 is 5.97 Å². The standard InChI is InChI=1S/C25H25FO5/c1-3-11-29-20-8-7-17(2)22(13-20)19-6-4-5-18(12-19)15-30-21-9-10-24(23(26)14-21)31-16-25(27)28/h4-10,12-14H,3,11,15-16H2,1-2H3,(H,27,28). The van der Waals surface area contributed by atoms with E-state index in [9.17, 15) is 9.18 Å². The van der Waals surface area contributed by atoms with Crippen molar-refractivity contribution in [2.75, 3.05) is 13.2 Å². The van der Waals surface area contributed by atoms with Gasteiger partial charge in [0.1, 0.15) is 18.1 Å². The van der Waals surface area contributed by atoms with Gasteiger partial charge in [0, 0.05) is 6.07 Å². The Morgan fingerprint density at radius 1 is 0.968 bits per heavy atom. The predicted molar refractivity (Wildman–Crippen MR) is 116 cm³/mol. The second-order valence-corrected chi connectivity index (χ2v) is 7.09. The second-order valence-electron chi connectivity index (χ2n) is 7.09. The van der Waals surface area contributed by atoms with Crippen LogP contribution in [-0.4, -0.2) is 24.3 Å². The summed E-state index contributed by atoms with van der Waals surface area (Å²) in [5.41, 5.74) is 4.20. The molecule has 3 aromatic rings. The van der Waals surface area contributed by atoms with E-state index in [0.717, 1.165) is 34.4 Å². The van der Waals surface area contributed by atoms with E-state index in [1.54, 1.807) is 6.07 Å². The number of carbonyl (C=O) groups is 1. The number of hydrogen-bond acceptors (Lipinski definition) is 4. The van der Waals surface area contributed by atoms with Crippen LogP contribution >= 0.6 is 0 Å². The lowest BCUT2D eigenvalue weighted by atomic mass is 9.98. The number of hydrogen-bond donors (Lipinski definition) is 1. The van der Waals surface area contributed by atoms with E-state index < -0.39 is 18.4 Å². The molecule has 0 heterocycles. The molecule has 3 rings (SSSR count). The molecule has 0 aliphatic carbocycles. The Balaban J connectivity index is 1.70. The lowest BCUT2D eigenvalue weighted by Crippen LogP contribution is -2.10. The number of aliphatic carboxylic acids is 1. The van der Waals surface area contributed by atoms with Gasteiger partial charge in [-0.15, -0.1) is 0 Å². The van der Waals surface area contributed by atoms with Gasteiger partial charge in [-0.3, -0.25) is 0 Å². The minimum atomic E-state index is -1.17. The molecule has 5 nitrogen and oxygen atoms in total. The molecule has 0 atom stereocenters. The van der Waals surface area contributed by atoms with Crippen LogP contribution in [0.25, 0.3) is 11.1 Å². The van der Waals surface area contributed by atoms with E-state index in [4.69, 9.17) is 19.3 Å². The number of rotatable bonds is 10. The highest BCUT2D eigenvalue weighted by Gasteiger charge is 2.09. The summed E-state index contributed by atoms with van der Waals surface area (Å²) in [4.78, 5) is 10.5. The molecule has 0 fully saturated rings. The van der Waals surface area contributed by atoms with Crippen molar-refractivity contribution in [1.82, 2.24) is 0 Å². The zero-order chi connectivity index (χ0) is 22.2. The summed E-state index contributed by atoms with van der Waals surface area (Å²) in [5, 5.41) is 8.63. The Hall–Kier alpha value is -3.54. The molecule has 162 valence electrons.